The van der Waals surface area contributed by atoms with Gasteiger partial charge in [-0.2, -0.15) is 0 Å². The first-order valence-corrected chi connectivity index (χ1v) is 6.48. The van der Waals surface area contributed by atoms with Crippen LogP contribution in [0, 0.1) is 16.7 Å². The van der Waals surface area contributed by atoms with Gasteiger partial charge in [0.05, 0.1) is 0 Å². The van der Waals surface area contributed by atoms with Crippen molar-refractivity contribution in [3.8, 4) is 0 Å². The molecule has 2 atom stereocenters. The van der Waals surface area contributed by atoms with E-state index in [2.05, 4.69) is 34.6 Å². The third kappa shape index (κ3) is 1.85. The van der Waals surface area contributed by atoms with Crippen LogP contribution in [0.3, 0.4) is 0 Å². The minimum Gasteiger partial charge on any atom is -0.0654 e. The Morgan fingerprint density at radius 3 is 2.29 bits per heavy atom. The zero-order chi connectivity index (χ0) is 10.8. The molecule has 0 bridgehead atoms. The van der Waals surface area contributed by atoms with Crippen molar-refractivity contribution in [3.63, 3.8) is 0 Å². The van der Waals surface area contributed by atoms with Gasteiger partial charge in [0.2, 0.25) is 0 Å². The van der Waals surface area contributed by atoms with Crippen LogP contribution < -0.4 is 0 Å². The smallest absolute Gasteiger partial charge is 0.0249 e. The van der Waals surface area contributed by atoms with E-state index in [1.165, 1.54) is 38.5 Å². The predicted molar refractivity (Wildman–Crippen MR) is 64.4 cm³/mol. The molecule has 0 aromatic heterocycles. The fourth-order valence-electron chi connectivity index (χ4n) is 3.53. The van der Waals surface area contributed by atoms with Gasteiger partial charge < -0.3 is 0 Å². The summed E-state index contributed by atoms with van der Waals surface area (Å²) in [6, 6.07) is 0. The molecular formula is C14H28. The molecule has 0 heteroatoms. The summed E-state index contributed by atoms with van der Waals surface area (Å²) in [4.78, 5) is 0. The highest BCUT2D eigenvalue weighted by atomic mass is 14.5. The largest absolute Gasteiger partial charge is 0.0654 e. The van der Waals surface area contributed by atoms with Crippen molar-refractivity contribution in [3.05, 3.63) is 0 Å². The zero-order valence-corrected chi connectivity index (χ0v) is 10.8. The molecule has 1 fully saturated rings. The van der Waals surface area contributed by atoms with E-state index in [-0.39, 0.29) is 0 Å². The normalized spacial score (nSPS) is 37.1. The van der Waals surface area contributed by atoms with E-state index >= 15 is 0 Å². The van der Waals surface area contributed by atoms with Gasteiger partial charge in [0, 0.05) is 0 Å². The lowest BCUT2D eigenvalue weighted by atomic mass is 9.52. The van der Waals surface area contributed by atoms with E-state index in [1.807, 2.05) is 0 Å². The molecule has 14 heavy (non-hydrogen) atoms. The summed E-state index contributed by atoms with van der Waals surface area (Å²) in [5.41, 5.74) is 1.14. The van der Waals surface area contributed by atoms with Crippen molar-refractivity contribution in [2.75, 3.05) is 0 Å². The highest BCUT2D eigenvalue weighted by Crippen LogP contribution is 2.56. The molecule has 1 aliphatic rings. The maximum Gasteiger partial charge on any atom is -0.0249 e. The van der Waals surface area contributed by atoms with E-state index < -0.39 is 0 Å². The Kier molecular flexibility index (Phi) is 3.66. The van der Waals surface area contributed by atoms with Gasteiger partial charge in [0.1, 0.15) is 0 Å². The van der Waals surface area contributed by atoms with Crippen molar-refractivity contribution in [2.45, 2.75) is 73.1 Å². The fourth-order valence-corrected chi connectivity index (χ4v) is 3.53. The molecule has 84 valence electrons. The lowest BCUT2D eigenvalue weighted by Crippen LogP contribution is -2.44. The third-order valence-corrected chi connectivity index (χ3v) is 5.17. The predicted octanol–water partition coefficient (Wildman–Crippen LogP) is 5.03. The second kappa shape index (κ2) is 4.24. The topological polar surface area (TPSA) is 0 Å². The van der Waals surface area contributed by atoms with E-state index in [0.29, 0.717) is 10.8 Å². The molecule has 1 rings (SSSR count). The summed E-state index contributed by atoms with van der Waals surface area (Å²) in [6.07, 6.45) is 8.50. The Morgan fingerprint density at radius 2 is 1.79 bits per heavy atom. The van der Waals surface area contributed by atoms with Gasteiger partial charge in [-0.05, 0) is 36.0 Å². The zero-order valence-electron chi connectivity index (χ0n) is 10.8. The first kappa shape index (κ1) is 12.1. The SMILES string of the molecule is CCCC1CCCC(C)(C)C1(C)CC. The molecule has 0 nitrogen and oxygen atoms in total. The number of hydrogen-bond acceptors (Lipinski definition) is 0. The number of rotatable bonds is 3. The fraction of sp³-hybridized carbons (Fsp3) is 1.00. The molecule has 0 radical (unpaired) electrons. The standard InChI is InChI=1S/C14H28/c1-6-9-12-10-8-11-13(3,4)14(12,5)7-2/h12H,6-11H2,1-5H3. The first-order valence-electron chi connectivity index (χ1n) is 6.48. The summed E-state index contributed by atoms with van der Waals surface area (Å²) < 4.78 is 0. The first-order chi connectivity index (χ1) is 6.48. The van der Waals surface area contributed by atoms with Gasteiger partial charge in [0.25, 0.3) is 0 Å². The Balaban J connectivity index is 2.84. The van der Waals surface area contributed by atoms with Crippen LogP contribution in [0.4, 0.5) is 0 Å². The molecule has 0 amide bonds. The van der Waals surface area contributed by atoms with Crippen LogP contribution in [0.5, 0.6) is 0 Å². The number of hydrogen-bond donors (Lipinski definition) is 0. The molecule has 0 heterocycles. The minimum atomic E-state index is 0.555. The molecular weight excluding hydrogens is 168 g/mol. The van der Waals surface area contributed by atoms with Crippen molar-refractivity contribution in [2.24, 2.45) is 16.7 Å². The van der Waals surface area contributed by atoms with Gasteiger partial charge in [-0.1, -0.05) is 53.9 Å². The van der Waals surface area contributed by atoms with Gasteiger partial charge >= 0.3 is 0 Å². The quantitative estimate of drug-likeness (QED) is 0.594. The summed E-state index contributed by atoms with van der Waals surface area (Å²) >= 11 is 0. The van der Waals surface area contributed by atoms with E-state index in [4.69, 9.17) is 0 Å². The highest BCUT2D eigenvalue weighted by Gasteiger charge is 2.46. The third-order valence-electron chi connectivity index (χ3n) is 5.17. The average molecular weight is 196 g/mol. The Hall–Kier alpha value is 0. The van der Waals surface area contributed by atoms with Gasteiger partial charge in [-0.25, -0.2) is 0 Å². The van der Waals surface area contributed by atoms with Crippen molar-refractivity contribution >= 4 is 0 Å². The van der Waals surface area contributed by atoms with Crippen LogP contribution in [-0.2, 0) is 0 Å². The van der Waals surface area contributed by atoms with E-state index in [9.17, 15) is 0 Å². The summed E-state index contributed by atoms with van der Waals surface area (Å²) in [7, 11) is 0. The van der Waals surface area contributed by atoms with Crippen molar-refractivity contribution in [1.82, 2.24) is 0 Å². The minimum absolute atomic E-state index is 0.555. The van der Waals surface area contributed by atoms with Crippen molar-refractivity contribution < 1.29 is 0 Å². The molecule has 0 aliphatic heterocycles. The summed E-state index contributed by atoms with van der Waals surface area (Å²) in [6.45, 7) is 12.2. The molecule has 0 aromatic rings. The maximum absolute atomic E-state index is 2.53. The monoisotopic (exact) mass is 196 g/mol. The molecule has 1 saturated carbocycles. The van der Waals surface area contributed by atoms with Crippen LogP contribution in [0.2, 0.25) is 0 Å². The van der Waals surface area contributed by atoms with Gasteiger partial charge in [0.15, 0.2) is 0 Å². The molecule has 0 saturated heterocycles. The maximum atomic E-state index is 2.53. The lowest BCUT2D eigenvalue weighted by molar-refractivity contribution is -0.0332. The van der Waals surface area contributed by atoms with Crippen LogP contribution in [0.1, 0.15) is 73.1 Å². The van der Waals surface area contributed by atoms with Crippen molar-refractivity contribution in [1.29, 1.82) is 0 Å². The lowest BCUT2D eigenvalue weighted by Gasteiger charge is -2.53. The van der Waals surface area contributed by atoms with Crippen LogP contribution in [0.25, 0.3) is 0 Å². The molecule has 0 N–H and O–H groups in total. The van der Waals surface area contributed by atoms with Gasteiger partial charge in [-0.3, -0.25) is 0 Å². The second-order valence-electron chi connectivity index (χ2n) is 6.03. The van der Waals surface area contributed by atoms with Crippen LogP contribution in [-0.4, -0.2) is 0 Å². The summed E-state index contributed by atoms with van der Waals surface area (Å²) in [5, 5.41) is 0. The van der Waals surface area contributed by atoms with Crippen LogP contribution in [0.15, 0.2) is 0 Å². The van der Waals surface area contributed by atoms with Crippen LogP contribution >= 0.6 is 0 Å². The average Bonchev–Trinajstić information content (AvgIpc) is 2.13. The Labute approximate surface area is 90.5 Å². The summed E-state index contributed by atoms with van der Waals surface area (Å²) in [5.74, 6) is 0.973. The Bertz CT molecular complexity index is 178. The Morgan fingerprint density at radius 1 is 1.14 bits per heavy atom. The molecule has 0 aromatic carbocycles. The van der Waals surface area contributed by atoms with E-state index in [1.54, 1.807) is 0 Å². The highest BCUT2D eigenvalue weighted by molar-refractivity contribution is 4.96. The molecule has 1 aliphatic carbocycles. The van der Waals surface area contributed by atoms with Gasteiger partial charge in [-0.15, -0.1) is 0 Å². The molecule has 2 unspecified atom stereocenters. The molecule has 0 spiro atoms. The second-order valence-corrected chi connectivity index (χ2v) is 6.03. The van der Waals surface area contributed by atoms with E-state index in [0.717, 1.165) is 5.92 Å².